The van der Waals surface area contributed by atoms with Crippen molar-refractivity contribution >= 4 is 0 Å². The zero-order valence-electron chi connectivity index (χ0n) is 20.6. The molecule has 0 amide bonds. The predicted molar refractivity (Wildman–Crippen MR) is 142 cm³/mol. The molecule has 30 heavy (non-hydrogen) atoms. The van der Waals surface area contributed by atoms with Gasteiger partial charge in [0, 0.05) is 0 Å². The molecule has 0 radical (unpaired) electrons. The van der Waals surface area contributed by atoms with E-state index in [1.807, 2.05) is 41.5 Å². The molecule has 0 saturated carbocycles. The van der Waals surface area contributed by atoms with Gasteiger partial charge in [0.05, 0.1) is 0 Å². The predicted octanol–water partition coefficient (Wildman–Crippen LogP) is 9.91. The van der Waals surface area contributed by atoms with Gasteiger partial charge < -0.3 is 0 Å². The Balaban J connectivity index is -0.000000415. The molecular weight excluding hydrogens is 360 g/mol. The summed E-state index contributed by atoms with van der Waals surface area (Å²) in [6, 6.07) is 26.0. The number of aryl methyl sites for hydroxylation is 4. The summed E-state index contributed by atoms with van der Waals surface area (Å²) < 4.78 is 0. The molecule has 0 atom stereocenters. The third-order valence-electron chi connectivity index (χ3n) is 3.87. The van der Waals surface area contributed by atoms with E-state index in [-0.39, 0.29) is 7.43 Å². The molecule has 0 heteroatoms. The molecule has 0 N–H and O–H groups in total. The first-order valence-corrected chi connectivity index (χ1v) is 11.2. The highest BCUT2D eigenvalue weighted by molar-refractivity contribution is 5.29. The van der Waals surface area contributed by atoms with Gasteiger partial charge in [-0.2, -0.15) is 0 Å². The Labute approximate surface area is 189 Å². The lowest BCUT2D eigenvalue weighted by molar-refractivity contribution is 1.18. The zero-order valence-corrected chi connectivity index (χ0v) is 20.6. The van der Waals surface area contributed by atoms with Crippen molar-refractivity contribution in [2.45, 2.75) is 83.1 Å². The molecule has 0 heterocycles. The SMILES string of the molecule is C.CC.CC.CC.Cc1ccc(C)cc1.Cc1ccc(Cc2ccc(C)cc2)cc1. The monoisotopic (exact) mass is 408 g/mol. The number of hydrogen-bond acceptors (Lipinski definition) is 0. The maximum atomic E-state index is 2.20. The molecule has 168 valence electrons. The quantitative estimate of drug-likeness (QED) is 0.395. The Morgan fingerprint density at radius 3 is 0.733 bits per heavy atom. The molecule has 0 aromatic heterocycles. The van der Waals surface area contributed by atoms with Crippen LogP contribution in [0.3, 0.4) is 0 Å². The van der Waals surface area contributed by atoms with Crippen molar-refractivity contribution in [1.82, 2.24) is 0 Å². The van der Waals surface area contributed by atoms with Crippen LogP contribution in [0, 0.1) is 27.7 Å². The van der Waals surface area contributed by atoms with Crippen molar-refractivity contribution < 1.29 is 0 Å². The van der Waals surface area contributed by atoms with E-state index in [2.05, 4.69) is 100 Å². The highest BCUT2D eigenvalue weighted by atomic mass is 14.0. The van der Waals surface area contributed by atoms with Gasteiger partial charge in [-0.1, -0.05) is 144 Å². The number of hydrogen-bond donors (Lipinski definition) is 0. The van der Waals surface area contributed by atoms with E-state index < -0.39 is 0 Å². The number of benzene rings is 3. The second-order valence-corrected chi connectivity index (χ2v) is 6.30. The van der Waals surface area contributed by atoms with Crippen LogP contribution < -0.4 is 0 Å². The van der Waals surface area contributed by atoms with Gasteiger partial charge in [0.25, 0.3) is 0 Å². The minimum atomic E-state index is 0. The van der Waals surface area contributed by atoms with Gasteiger partial charge in [-0.25, -0.2) is 0 Å². The van der Waals surface area contributed by atoms with Crippen molar-refractivity contribution in [1.29, 1.82) is 0 Å². The Kier molecular flexibility index (Phi) is 23.0. The van der Waals surface area contributed by atoms with E-state index >= 15 is 0 Å². The number of rotatable bonds is 2. The van der Waals surface area contributed by atoms with Crippen LogP contribution in [0.4, 0.5) is 0 Å². The Morgan fingerprint density at radius 1 is 0.367 bits per heavy atom. The lowest BCUT2D eigenvalue weighted by Crippen LogP contribution is -1.88. The first-order valence-electron chi connectivity index (χ1n) is 11.2. The fraction of sp³-hybridized carbons (Fsp3) is 0.400. The third kappa shape index (κ3) is 15.6. The van der Waals surface area contributed by atoms with Crippen LogP contribution in [0.15, 0.2) is 72.8 Å². The molecular formula is C30H48. The summed E-state index contributed by atoms with van der Waals surface area (Å²) in [6.07, 6.45) is 1.03. The molecule has 3 aromatic rings. The van der Waals surface area contributed by atoms with Gasteiger partial charge in [0.2, 0.25) is 0 Å². The fourth-order valence-corrected chi connectivity index (χ4v) is 2.28. The molecule has 0 aliphatic rings. The minimum absolute atomic E-state index is 0. The highest BCUT2D eigenvalue weighted by Gasteiger charge is 1.95. The first kappa shape index (κ1) is 32.3. The maximum Gasteiger partial charge on any atom is -0.00258 e. The van der Waals surface area contributed by atoms with Crippen LogP contribution >= 0.6 is 0 Å². The average molecular weight is 409 g/mol. The fourth-order valence-electron chi connectivity index (χ4n) is 2.28. The Bertz CT molecular complexity index is 637. The van der Waals surface area contributed by atoms with Crippen LogP contribution in [-0.2, 0) is 6.42 Å². The lowest BCUT2D eigenvalue weighted by atomic mass is 10.0. The molecule has 0 fully saturated rings. The van der Waals surface area contributed by atoms with Crippen LogP contribution in [0.25, 0.3) is 0 Å². The van der Waals surface area contributed by atoms with Crippen molar-refractivity contribution in [3.63, 3.8) is 0 Å². The zero-order chi connectivity index (χ0) is 22.7. The largest absolute Gasteiger partial charge is 0.0776 e. The van der Waals surface area contributed by atoms with Gasteiger partial charge in [-0.05, 0) is 45.2 Å². The summed E-state index contributed by atoms with van der Waals surface area (Å²) >= 11 is 0. The van der Waals surface area contributed by atoms with Gasteiger partial charge in [0.1, 0.15) is 0 Å². The first-order chi connectivity index (χ1) is 14.0. The molecule has 0 aliphatic heterocycles. The van der Waals surface area contributed by atoms with E-state index in [1.165, 1.54) is 33.4 Å². The molecule has 0 saturated heterocycles. The lowest BCUT2D eigenvalue weighted by Gasteiger charge is -2.03. The molecule has 0 nitrogen and oxygen atoms in total. The summed E-state index contributed by atoms with van der Waals surface area (Å²) in [5.74, 6) is 0. The molecule has 0 spiro atoms. The molecule has 0 aliphatic carbocycles. The van der Waals surface area contributed by atoms with E-state index in [4.69, 9.17) is 0 Å². The summed E-state index contributed by atoms with van der Waals surface area (Å²) in [6.45, 7) is 20.4. The second kappa shape index (κ2) is 21.4. The van der Waals surface area contributed by atoms with Crippen molar-refractivity contribution in [3.8, 4) is 0 Å². The van der Waals surface area contributed by atoms with Crippen molar-refractivity contribution in [3.05, 3.63) is 106 Å². The van der Waals surface area contributed by atoms with Crippen LogP contribution in [-0.4, -0.2) is 0 Å². The smallest absolute Gasteiger partial charge is 0.00258 e. The van der Waals surface area contributed by atoms with Gasteiger partial charge >= 0.3 is 0 Å². The van der Waals surface area contributed by atoms with Crippen LogP contribution in [0.2, 0.25) is 0 Å². The van der Waals surface area contributed by atoms with E-state index in [1.54, 1.807) is 0 Å². The highest BCUT2D eigenvalue weighted by Crippen LogP contribution is 2.11. The summed E-state index contributed by atoms with van der Waals surface area (Å²) in [7, 11) is 0. The third-order valence-corrected chi connectivity index (χ3v) is 3.87. The minimum Gasteiger partial charge on any atom is -0.0776 e. The van der Waals surface area contributed by atoms with Crippen molar-refractivity contribution in [2.24, 2.45) is 0 Å². The molecule has 3 rings (SSSR count). The van der Waals surface area contributed by atoms with Gasteiger partial charge in [-0.15, -0.1) is 0 Å². The normalized spacial score (nSPS) is 8.20. The summed E-state index contributed by atoms with van der Waals surface area (Å²) in [4.78, 5) is 0. The van der Waals surface area contributed by atoms with E-state index in [9.17, 15) is 0 Å². The van der Waals surface area contributed by atoms with Crippen LogP contribution in [0.5, 0.6) is 0 Å². The summed E-state index contributed by atoms with van der Waals surface area (Å²) in [5.41, 5.74) is 8.06. The van der Waals surface area contributed by atoms with Gasteiger partial charge in [0.15, 0.2) is 0 Å². The second-order valence-electron chi connectivity index (χ2n) is 6.30. The Hall–Kier alpha value is -2.34. The molecule has 3 aromatic carbocycles. The average Bonchev–Trinajstić information content (AvgIpc) is 2.78. The van der Waals surface area contributed by atoms with Crippen LogP contribution in [0.1, 0.15) is 82.3 Å². The van der Waals surface area contributed by atoms with Crippen molar-refractivity contribution in [2.75, 3.05) is 0 Å². The topological polar surface area (TPSA) is 0 Å². The van der Waals surface area contributed by atoms with Gasteiger partial charge in [-0.3, -0.25) is 0 Å². The van der Waals surface area contributed by atoms with E-state index in [0.717, 1.165) is 6.42 Å². The summed E-state index contributed by atoms with van der Waals surface area (Å²) in [5, 5.41) is 0. The standard InChI is InChI=1S/C15H16.C8H10.3C2H6.CH4/c1-12-3-7-14(8-4-12)11-15-9-5-13(2)6-10-15;1-7-3-5-8(2)6-4-7;3*1-2;/h3-10H,11H2,1-2H3;3-6H,1-2H3;3*1-2H3;1H4. The van der Waals surface area contributed by atoms with E-state index in [0.29, 0.717) is 0 Å². The molecule has 0 bridgehead atoms. The Morgan fingerprint density at radius 2 is 0.533 bits per heavy atom. The molecule has 0 unspecified atom stereocenters. The maximum absolute atomic E-state index is 2.20.